The number of ether oxygens (including phenoxy) is 2. The number of hydrogen-bond donors (Lipinski definition) is 1. The summed E-state index contributed by atoms with van der Waals surface area (Å²) in [7, 11) is 1.51. The molecule has 0 aromatic heterocycles. The number of benzene rings is 3. The summed E-state index contributed by atoms with van der Waals surface area (Å²) in [6.07, 6.45) is 1.59. The molecule has 4 nitrogen and oxygen atoms in total. The minimum absolute atomic E-state index is 0.0661. The highest BCUT2D eigenvalue weighted by Gasteiger charge is 2.04. The molecule has 0 fully saturated rings. The molecule has 0 aliphatic rings. The van der Waals surface area contributed by atoms with Gasteiger partial charge in [-0.2, -0.15) is 0 Å². The molecule has 3 rings (SSSR count). The van der Waals surface area contributed by atoms with Gasteiger partial charge in [-0.15, -0.1) is 0 Å². The van der Waals surface area contributed by atoms with Gasteiger partial charge < -0.3 is 14.6 Å². The maximum Gasteiger partial charge on any atom is 0.166 e. The number of rotatable bonds is 5. The standard InChI is InChI=1S/C20H16ClNO3/c1-24-19-4-2-3-14(20(19)23)13-22-16-7-11-18(12-8-16)25-17-9-5-15(21)6-10-17/h2-13,23H,1H3. The number of para-hydroxylation sites is 1. The summed E-state index contributed by atoms with van der Waals surface area (Å²) in [5, 5.41) is 10.7. The van der Waals surface area contributed by atoms with Gasteiger partial charge in [0.05, 0.1) is 12.8 Å². The van der Waals surface area contributed by atoms with E-state index < -0.39 is 0 Å². The Morgan fingerprint density at radius 3 is 2.20 bits per heavy atom. The van der Waals surface area contributed by atoms with Crippen molar-refractivity contribution in [3.63, 3.8) is 0 Å². The van der Waals surface area contributed by atoms with E-state index in [9.17, 15) is 5.11 Å². The first kappa shape index (κ1) is 16.9. The highest BCUT2D eigenvalue weighted by atomic mass is 35.5. The van der Waals surface area contributed by atoms with Crippen LogP contribution in [0.15, 0.2) is 71.7 Å². The molecule has 0 unspecified atom stereocenters. The fourth-order valence-electron chi connectivity index (χ4n) is 2.19. The fourth-order valence-corrected chi connectivity index (χ4v) is 2.32. The van der Waals surface area contributed by atoms with Crippen LogP contribution in [-0.4, -0.2) is 18.4 Å². The van der Waals surface area contributed by atoms with Crippen molar-refractivity contribution in [2.45, 2.75) is 0 Å². The third-order valence-corrected chi connectivity index (χ3v) is 3.74. The summed E-state index contributed by atoms with van der Waals surface area (Å²) in [5.74, 6) is 1.89. The van der Waals surface area contributed by atoms with E-state index in [0.29, 0.717) is 27.8 Å². The summed E-state index contributed by atoms with van der Waals surface area (Å²) in [4.78, 5) is 4.36. The molecule has 0 amide bonds. The van der Waals surface area contributed by atoms with Crippen LogP contribution >= 0.6 is 11.6 Å². The molecule has 126 valence electrons. The molecule has 0 bridgehead atoms. The van der Waals surface area contributed by atoms with Crippen molar-refractivity contribution in [2.75, 3.05) is 7.11 Å². The summed E-state index contributed by atoms with van der Waals surface area (Å²) < 4.78 is 10.8. The Hall–Kier alpha value is -2.98. The smallest absolute Gasteiger partial charge is 0.166 e. The number of nitrogens with zero attached hydrogens (tertiary/aromatic N) is 1. The molecule has 0 radical (unpaired) electrons. The third kappa shape index (κ3) is 4.31. The van der Waals surface area contributed by atoms with Gasteiger partial charge in [0.15, 0.2) is 11.5 Å². The molecule has 1 N–H and O–H groups in total. The Morgan fingerprint density at radius 1 is 0.920 bits per heavy atom. The average molecular weight is 354 g/mol. The van der Waals surface area contributed by atoms with Gasteiger partial charge in [0.1, 0.15) is 11.5 Å². The van der Waals surface area contributed by atoms with Gasteiger partial charge >= 0.3 is 0 Å². The molecule has 3 aromatic rings. The highest BCUT2D eigenvalue weighted by molar-refractivity contribution is 6.30. The van der Waals surface area contributed by atoms with Gasteiger partial charge in [-0.3, -0.25) is 4.99 Å². The number of hydrogen-bond acceptors (Lipinski definition) is 4. The number of phenols is 1. The maximum atomic E-state index is 10.0. The molecular formula is C20H16ClNO3. The normalized spacial score (nSPS) is 10.8. The minimum atomic E-state index is 0.0661. The van der Waals surface area contributed by atoms with Gasteiger partial charge in [0.25, 0.3) is 0 Å². The maximum absolute atomic E-state index is 10.0. The monoisotopic (exact) mass is 353 g/mol. The van der Waals surface area contributed by atoms with Gasteiger partial charge in [-0.25, -0.2) is 0 Å². The molecule has 0 saturated carbocycles. The lowest BCUT2D eigenvalue weighted by Crippen LogP contribution is -1.88. The first-order chi connectivity index (χ1) is 12.2. The third-order valence-electron chi connectivity index (χ3n) is 3.49. The first-order valence-electron chi connectivity index (χ1n) is 7.59. The van der Waals surface area contributed by atoms with E-state index in [4.69, 9.17) is 21.1 Å². The zero-order valence-electron chi connectivity index (χ0n) is 13.5. The molecule has 0 atom stereocenters. The van der Waals surface area contributed by atoms with Crippen LogP contribution in [0.2, 0.25) is 5.02 Å². The Morgan fingerprint density at radius 2 is 1.56 bits per heavy atom. The van der Waals surface area contributed by atoms with Crippen molar-refractivity contribution >= 4 is 23.5 Å². The van der Waals surface area contributed by atoms with Crippen LogP contribution in [0.1, 0.15) is 5.56 Å². The zero-order chi connectivity index (χ0) is 17.6. The van der Waals surface area contributed by atoms with Crippen LogP contribution < -0.4 is 9.47 Å². The number of phenolic OH excluding ortho intramolecular Hbond substituents is 1. The van der Waals surface area contributed by atoms with Crippen LogP contribution in [-0.2, 0) is 0 Å². The van der Waals surface area contributed by atoms with E-state index in [1.165, 1.54) is 7.11 Å². The van der Waals surface area contributed by atoms with E-state index in [1.54, 1.807) is 48.7 Å². The van der Waals surface area contributed by atoms with Gasteiger partial charge in [-0.1, -0.05) is 17.7 Å². The molecular weight excluding hydrogens is 338 g/mol. The van der Waals surface area contributed by atoms with E-state index in [1.807, 2.05) is 24.3 Å². The number of aliphatic imine (C=N–C) groups is 1. The van der Waals surface area contributed by atoms with E-state index in [0.717, 1.165) is 5.69 Å². The average Bonchev–Trinajstić information content (AvgIpc) is 2.64. The Kier molecular flexibility index (Phi) is 5.21. The minimum Gasteiger partial charge on any atom is -0.504 e. The van der Waals surface area contributed by atoms with Gasteiger partial charge in [0.2, 0.25) is 0 Å². The van der Waals surface area contributed by atoms with Gasteiger partial charge in [-0.05, 0) is 60.7 Å². The second-order valence-electron chi connectivity index (χ2n) is 5.21. The predicted molar refractivity (Wildman–Crippen MR) is 99.9 cm³/mol. The lowest BCUT2D eigenvalue weighted by Gasteiger charge is -2.06. The summed E-state index contributed by atoms with van der Waals surface area (Å²) in [6, 6.07) is 19.7. The molecule has 0 heterocycles. The second-order valence-corrected chi connectivity index (χ2v) is 5.64. The Bertz CT molecular complexity index is 874. The van der Waals surface area contributed by atoms with Crippen molar-refractivity contribution in [3.8, 4) is 23.0 Å². The first-order valence-corrected chi connectivity index (χ1v) is 7.97. The van der Waals surface area contributed by atoms with Crippen molar-refractivity contribution in [2.24, 2.45) is 4.99 Å². The fraction of sp³-hybridized carbons (Fsp3) is 0.0500. The molecule has 0 spiro atoms. The molecule has 3 aromatic carbocycles. The molecule has 25 heavy (non-hydrogen) atoms. The second kappa shape index (κ2) is 7.73. The van der Waals surface area contributed by atoms with Crippen LogP contribution in [0, 0.1) is 0 Å². The lowest BCUT2D eigenvalue weighted by molar-refractivity contribution is 0.373. The molecule has 0 saturated heterocycles. The van der Waals surface area contributed by atoms with Crippen molar-refractivity contribution in [1.29, 1.82) is 0 Å². The summed E-state index contributed by atoms with van der Waals surface area (Å²) >= 11 is 5.85. The van der Waals surface area contributed by atoms with Crippen molar-refractivity contribution < 1.29 is 14.6 Å². The number of halogens is 1. The lowest BCUT2D eigenvalue weighted by atomic mass is 10.2. The Balaban J connectivity index is 1.71. The largest absolute Gasteiger partial charge is 0.504 e. The molecule has 0 aliphatic heterocycles. The quantitative estimate of drug-likeness (QED) is 0.607. The van der Waals surface area contributed by atoms with Crippen molar-refractivity contribution in [3.05, 3.63) is 77.3 Å². The van der Waals surface area contributed by atoms with E-state index >= 15 is 0 Å². The number of aromatic hydroxyl groups is 1. The topological polar surface area (TPSA) is 51.0 Å². The van der Waals surface area contributed by atoms with Crippen molar-refractivity contribution in [1.82, 2.24) is 0 Å². The van der Waals surface area contributed by atoms with Gasteiger partial charge in [0, 0.05) is 16.8 Å². The van der Waals surface area contributed by atoms with Crippen LogP contribution in [0.3, 0.4) is 0 Å². The van der Waals surface area contributed by atoms with E-state index in [-0.39, 0.29) is 5.75 Å². The highest BCUT2D eigenvalue weighted by Crippen LogP contribution is 2.29. The van der Waals surface area contributed by atoms with Crippen LogP contribution in [0.25, 0.3) is 0 Å². The van der Waals surface area contributed by atoms with Crippen LogP contribution in [0.4, 0.5) is 5.69 Å². The summed E-state index contributed by atoms with van der Waals surface area (Å²) in [6.45, 7) is 0. The Labute approximate surface area is 150 Å². The SMILES string of the molecule is COc1cccc(C=Nc2ccc(Oc3ccc(Cl)cc3)cc2)c1O. The summed E-state index contributed by atoms with van der Waals surface area (Å²) in [5.41, 5.74) is 1.33. The zero-order valence-corrected chi connectivity index (χ0v) is 14.3. The predicted octanol–water partition coefficient (Wildman–Crippen LogP) is 5.60. The number of methoxy groups -OCH3 is 1. The van der Waals surface area contributed by atoms with Crippen LogP contribution in [0.5, 0.6) is 23.0 Å². The van der Waals surface area contributed by atoms with E-state index in [2.05, 4.69) is 4.99 Å². The molecule has 0 aliphatic carbocycles. The molecule has 5 heteroatoms.